The number of piperazine rings is 1. The normalized spacial score (nSPS) is 18.3. The lowest BCUT2D eigenvalue weighted by atomic mass is 10.1. The minimum Gasteiger partial charge on any atom is -0.482 e. The topological polar surface area (TPSA) is 96.0 Å². The zero-order valence-corrected chi connectivity index (χ0v) is 14.8. The van der Waals surface area contributed by atoms with E-state index in [1.165, 1.54) is 4.31 Å². The van der Waals surface area contributed by atoms with Gasteiger partial charge in [0.25, 0.3) is 5.91 Å². The van der Waals surface area contributed by atoms with Gasteiger partial charge in [-0.3, -0.25) is 9.59 Å². The second-order valence-corrected chi connectivity index (χ2v) is 8.28. The number of rotatable bonds is 4. The van der Waals surface area contributed by atoms with E-state index >= 15 is 0 Å². The fourth-order valence-corrected chi connectivity index (χ4v) is 4.01. The van der Waals surface area contributed by atoms with E-state index in [1.807, 2.05) is 0 Å². The van der Waals surface area contributed by atoms with Crippen LogP contribution in [0.2, 0.25) is 0 Å². The Balaban J connectivity index is 1.60. The van der Waals surface area contributed by atoms with Crippen LogP contribution in [0, 0.1) is 0 Å². The molecule has 0 aliphatic carbocycles. The van der Waals surface area contributed by atoms with Gasteiger partial charge < -0.3 is 15.0 Å². The molecule has 3 rings (SSSR count). The third kappa shape index (κ3) is 3.93. The maximum Gasteiger partial charge on any atom is 0.262 e. The van der Waals surface area contributed by atoms with Gasteiger partial charge in [-0.2, -0.15) is 4.31 Å². The van der Waals surface area contributed by atoms with E-state index in [0.717, 1.165) is 5.56 Å². The molecule has 0 saturated carbocycles. The van der Waals surface area contributed by atoms with Crippen LogP contribution < -0.4 is 10.1 Å². The van der Waals surface area contributed by atoms with Gasteiger partial charge in [-0.05, 0) is 24.6 Å². The third-order valence-corrected chi connectivity index (χ3v) is 6.26. The molecule has 2 aliphatic heterocycles. The maximum absolute atomic E-state index is 12.5. The lowest BCUT2D eigenvalue weighted by molar-refractivity contribution is -0.131. The Kier molecular flexibility index (Phi) is 4.96. The Morgan fingerprint density at radius 1 is 1.24 bits per heavy atom. The second-order valence-electron chi connectivity index (χ2n) is 6.02. The highest BCUT2D eigenvalue weighted by Gasteiger charge is 2.27. The van der Waals surface area contributed by atoms with Crippen LogP contribution in [0.4, 0.5) is 5.69 Å². The predicted molar refractivity (Wildman–Crippen MR) is 91.9 cm³/mol. The number of benzene rings is 1. The van der Waals surface area contributed by atoms with Crippen LogP contribution in [0.15, 0.2) is 18.2 Å². The SMILES string of the molecule is CCS(=O)(=O)N1CCN(C(=O)Cc2ccc3c(c2)NC(=O)CO3)CC1. The number of fused-ring (bicyclic) bond motifs is 1. The van der Waals surface area contributed by atoms with Crippen LogP contribution in [0.3, 0.4) is 0 Å². The number of hydrogen-bond donors (Lipinski definition) is 1. The number of sulfonamides is 1. The van der Waals surface area contributed by atoms with Gasteiger partial charge in [-0.1, -0.05) is 6.07 Å². The van der Waals surface area contributed by atoms with E-state index < -0.39 is 10.0 Å². The zero-order valence-electron chi connectivity index (χ0n) is 14.0. The zero-order chi connectivity index (χ0) is 18.0. The van der Waals surface area contributed by atoms with Crippen LogP contribution in [-0.4, -0.2) is 68.0 Å². The van der Waals surface area contributed by atoms with Gasteiger partial charge in [0.2, 0.25) is 15.9 Å². The van der Waals surface area contributed by atoms with Crippen LogP contribution in [0.25, 0.3) is 0 Å². The summed E-state index contributed by atoms with van der Waals surface area (Å²) in [5.74, 6) is 0.388. The van der Waals surface area contributed by atoms with Crippen molar-refractivity contribution in [2.45, 2.75) is 13.3 Å². The summed E-state index contributed by atoms with van der Waals surface area (Å²) in [5, 5.41) is 2.72. The van der Waals surface area contributed by atoms with E-state index in [-0.39, 0.29) is 30.6 Å². The molecule has 1 N–H and O–H groups in total. The van der Waals surface area contributed by atoms with Crippen molar-refractivity contribution in [3.05, 3.63) is 23.8 Å². The monoisotopic (exact) mass is 367 g/mol. The molecular formula is C16H21N3O5S. The smallest absolute Gasteiger partial charge is 0.262 e. The lowest BCUT2D eigenvalue weighted by Crippen LogP contribution is -2.51. The number of hydrogen-bond acceptors (Lipinski definition) is 5. The molecule has 0 radical (unpaired) electrons. The largest absolute Gasteiger partial charge is 0.482 e. The van der Waals surface area contributed by atoms with Crippen molar-refractivity contribution in [1.82, 2.24) is 9.21 Å². The molecule has 0 bridgehead atoms. The van der Waals surface area contributed by atoms with Gasteiger partial charge in [0, 0.05) is 26.2 Å². The molecule has 2 amide bonds. The first-order chi connectivity index (χ1) is 11.9. The van der Waals surface area contributed by atoms with Crippen molar-refractivity contribution in [2.75, 3.05) is 43.9 Å². The predicted octanol–water partition coefficient (Wildman–Crippen LogP) is 0.0539. The van der Waals surface area contributed by atoms with E-state index in [4.69, 9.17) is 4.74 Å². The number of carbonyl (C=O) groups excluding carboxylic acids is 2. The molecule has 1 aromatic rings. The average molecular weight is 367 g/mol. The van der Waals surface area contributed by atoms with Crippen molar-refractivity contribution in [1.29, 1.82) is 0 Å². The number of ether oxygens (including phenoxy) is 1. The Morgan fingerprint density at radius 2 is 1.96 bits per heavy atom. The minimum absolute atomic E-state index is 0.00375. The number of carbonyl (C=O) groups is 2. The highest BCUT2D eigenvalue weighted by atomic mass is 32.2. The van der Waals surface area contributed by atoms with Crippen molar-refractivity contribution in [3.63, 3.8) is 0 Å². The summed E-state index contributed by atoms with van der Waals surface area (Å²) in [6.45, 7) is 3.05. The van der Waals surface area contributed by atoms with Gasteiger partial charge in [0.1, 0.15) is 5.75 Å². The maximum atomic E-state index is 12.5. The molecule has 1 saturated heterocycles. The summed E-state index contributed by atoms with van der Waals surface area (Å²) in [6.07, 6.45) is 0.198. The minimum atomic E-state index is -3.20. The van der Waals surface area contributed by atoms with Gasteiger partial charge in [0.15, 0.2) is 6.61 Å². The third-order valence-electron chi connectivity index (χ3n) is 4.38. The summed E-state index contributed by atoms with van der Waals surface area (Å²) >= 11 is 0. The fraction of sp³-hybridized carbons (Fsp3) is 0.500. The lowest BCUT2D eigenvalue weighted by Gasteiger charge is -2.34. The quantitative estimate of drug-likeness (QED) is 0.811. The number of nitrogens with one attached hydrogen (secondary N) is 1. The van der Waals surface area contributed by atoms with Gasteiger partial charge in [0.05, 0.1) is 17.9 Å². The van der Waals surface area contributed by atoms with Crippen LogP contribution in [0.5, 0.6) is 5.75 Å². The second kappa shape index (κ2) is 7.01. The Morgan fingerprint density at radius 3 is 2.64 bits per heavy atom. The first kappa shape index (κ1) is 17.7. The first-order valence-electron chi connectivity index (χ1n) is 8.20. The number of amides is 2. The van der Waals surface area contributed by atoms with E-state index in [1.54, 1.807) is 30.0 Å². The van der Waals surface area contributed by atoms with Crippen molar-refractivity contribution < 1.29 is 22.7 Å². The number of nitrogens with zero attached hydrogens (tertiary/aromatic N) is 2. The summed E-state index contributed by atoms with van der Waals surface area (Å²) in [7, 11) is -3.20. The van der Waals surface area contributed by atoms with Gasteiger partial charge in [-0.25, -0.2) is 8.42 Å². The molecule has 1 aromatic carbocycles. The van der Waals surface area contributed by atoms with Gasteiger partial charge >= 0.3 is 0 Å². The molecule has 2 heterocycles. The summed E-state index contributed by atoms with van der Waals surface area (Å²) < 4.78 is 30.5. The molecule has 9 heteroatoms. The molecule has 8 nitrogen and oxygen atoms in total. The van der Waals surface area contributed by atoms with Crippen molar-refractivity contribution >= 4 is 27.5 Å². The van der Waals surface area contributed by atoms with Crippen LogP contribution >= 0.6 is 0 Å². The summed E-state index contributed by atoms with van der Waals surface area (Å²) in [6, 6.07) is 5.28. The standard InChI is InChI=1S/C16H21N3O5S/c1-2-25(22,23)19-7-5-18(6-8-19)16(21)10-12-3-4-14-13(9-12)17-15(20)11-24-14/h3-4,9H,2,5-8,10-11H2,1H3,(H,17,20). The molecule has 2 aliphatic rings. The fourth-order valence-electron chi connectivity index (χ4n) is 2.92. The molecule has 1 fully saturated rings. The molecule has 136 valence electrons. The van der Waals surface area contributed by atoms with Crippen LogP contribution in [0.1, 0.15) is 12.5 Å². The van der Waals surface area contributed by atoms with E-state index in [0.29, 0.717) is 37.6 Å². The summed E-state index contributed by atoms with van der Waals surface area (Å²) in [4.78, 5) is 25.5. The van der Waals surface area contributed by atoms with Crippen molar-refractivity contribution in [2.24, 2.45) is 0 Å². The Labute approximate surface area is 146 Å². The average Bonchev–Trinajstić information content (AvgIpc) is 2.61. The molecule has 0 spiro atoms. The molecular weight excluding hydrogens is 346 g/mol. The highest BCUT2D eigenvalue weighted by Crippen LogP contribution is 2.28. The van der Waals surface area contributed by atoms with E-state index in [2.05, 4.69) is 5.32 Å². The summed E-state index contributed by atoms with van der Waals surface area (Å²) in [5.41, 5.74) is 1.35. The highest BCUT2D eigenvalue weighted by molar-refractivity contribution is 7.89. The van der Waals surface area contributed by atoms with Crippen LogP contribution in [-0.2, 0) is 26.0 Å². The van der Waals surface area contributed by atoms with Crippen molar-refractivity contribution in [3.8, 4) is 5.75 Å². The van der Waals surface area contributed by atoms with Gasteiger partial charge in [-0.15, -0.1) is 0 Å². The molecule has 0 atom stereocenters. The Hall–Kier alpha value is -2.13. The Bertz CT molecular complexity index is 785. The molecule has 0 aromatic heterocycles. The molecule has 25 heavy (non-hydrogen) atoms. The van der Waals surface area contributed by atoms with E-state index in [9.17, 15) is 18.0 Å². The number of anilines is 1. The molecule has 0 unspecified atom stereocenters. The first-order valence-corrected chi connectivity index (χ1v) is 9.81.